The van der Waals surface area contributed by atoms with E-state index >= 15 is 0 Å². The minimum atomic E-state index is 0.468. The Bertz CT molecular complexity index is 689. The van der Waals surface area contributed by atoms with Gasteiger partial charge in [0, 0.05) is 10.4 Å². The fourth-order valence-corrected chi connectivity index (χ4v) is 4.14. The third-order valence-corrected chi connectivity index (χ3v) is 5.40. The van der Waals surface area contributed by atoms with Gasteiger partial charge < -0.3 is 0 Å². The molecule has 96 valence electrons. The van der Waals surface area contributed by atoms with E-state index in [0.29, 0.717) is 5.88 Å². The highest BCUT2D eigenvalue weighted by molar-refractivity contribution is 7.17. The normalized spacial score (nSPS) is 10.8. The summed E-state index contributed by atoms with van der Waals surface area (Å²) in [6.45, 7) is 0. The van der Waals surface area contributed by atoms with E-state index in [1.807, 2.05) is 35.7 Å². The number of thiazole rings is 1. The van der Waals surface area contributed by atoms with E-state index < -0.39 is 0 Å². The third kappa shape index (κ3) is 2.56. The smallest absolute Gasteiger partial charge is 0.125 e. The van der Waals surface area contributed by atoms with E-state index in [9.17, 15) is 0 Å². The first kappa shape index (κ1) is 13.1. The number of thiophene rings is 1. The molecule has 3 rings (SSSR count). The highest BCUT2D eigenvalue weighted by Gasteiger charge is 2.15. The van der Waals surface area contributed by atoms with Crippen molar-refractivity contribution < 1.29 is 0 Å². The van der Waals surface area contributed by atoms with Gasteiger partial charge in [0.25, 0.3) is 0 Å². The molecule has 19 heavy (non-hydrogen) atoms. The van der Waals surface area contributed by atoms with Gasteiger partial charge in [0.1, 0.15) is 5.01 Å². The second-order valence-corrected chi connectivity index (χ2v) is 6.59. The van der Waals surface area contributed by atoms with Crippen molar-refractivity contribution in [3.8, 4) is 21.1 Å². The lowest BCUT2D eigenvalue weighted by Crippen LogP contribution is -1.80. The highest BCUT2D eigenvalue weighted by atomic mass is 35.5. The Morgan fingerprint density at radius 2 is 1.95 bits per heavy atom. The molecule has 0 aliphatic carbocycles. The number of halogens is 2. The van der Waals surface area contributed by atoms with Gasteiger partial charge in [0.15, 0.2) is 0 Å². The average molecular weight is 326 g/mol. The predicted octanol–water partition coefficient (Wildman–Crippen LogP) is 5.93. The molecule has 2 aromatic heterocycles. The zero-order chi connectivity index (χ0) is 13.2. The van der Waals surface area contributed by atoms with E-state index in [2.05, 4.69) is 6.07 Å². The standard InChI is InChI=1S/C14H9Cl2NS2/c15-8-12-13(11-6-3-7-18-11)17-14(19-12)9-4-1-2-5-10(9)16/h1-7H,8H2. The molecular weight excluding hydrogens is 317 g/mol. The summed E-state index contributed by atoms with van der Waals surface area (Å²) in [7, 11) is 0. The number of hydrogen-bond acceptors (Lipinski definition) is 3. The molecule has 0 spiro atoms. The largest absolute Gasteiger partial charge is 0.235 e. The van der Waals surface area contributed by atoms with Gasteiger partial charge >= 0.3 is 0 Å². The topological polar surface area (TPSA) is 12.9 Å². The summed E-state index contributed by atoms with van der Waals surface area (Å²) in [5.74, 6) is 0.468. The van der Waals surface area contributed by atoms with Crippen LogP contribution in [0.4, 0.5) is 0 Å². The Labute approximate surface area is 129 Å². The van der Waals surface area contributed by atoms with Crippen LogP contribution in [-0.2, 0) is 5.88 Å². The van der Waals surface area contributed by atoms with E-state index in [1.54, 1.807) is 22.7 Å². The van der Waals surface area contributed by atoms with Gasteiger partial charge in [-0.1, -0.05) is 35.9 Å². The van der Waals surface area contributed by atoms with Crippen LogP contribution in [0.25, 0.3) is 21.1 Å². The van der Waals surface area contributed by atoms with Crippen molar-refractivity contribution in [1.29, 1.82) is 0 Å². The molecule has 0 unspecified atom stereocenters. The molecule has 0 saturated heterocycles. The number of rotatable bonds is 3. The van der Waals surface area contributed by atoms with Crippen LogP contribution in [-0.4, -0.2) is 4.98 Å². The molecular formula is C14H9Cl2NS2. The summed E-state index contributed by atoms with van der Waals surface area (Å²) in [6.07, 6.45) is 0. The van der Waals surface area contributed by atoms with E-state index in [1.165, 1.54) is 0 Å². The molecule has 0 aliphatic rings. The zero-order valence-electron chi connectivity index (χ0n) is 9.77. The Morgan fingerprint density at radius 1 is 1.11 bits per heavy atom. The molecule has 0 fully saturated rings. The molecule has 0 amide bonds. The van der Waals surface area contributed by atoms with Gasteiger partial charge in [0.2, 0.25) is 0 Å². The molecule has 0 radical (unpaired) electrons. The molecule has 3 aromatic rings. The quantitative estimate of drug-likeness (QED) is 0.544. The number of hydrogen-bond donors (Lipinski definition) is 0. The van der Waals surface area contributed by atoms with Gasteiger partial charge in [-0.3, -0.25) is 0 Å². The van der Waals surface area contributed by atoms with Crippen molar-refractivity contribution in [3.63, 3.8) is 0 Å². The fourth-order valence-electron chi connectivity index (χ4n) is 1.80. The first-order valence-corrected chi connectivity index (χ1v) is 8.25. The molecule has 1 aromatic carbocycles. The van der Waals surface area contributed by atoms with Crippen LogP contribution in [0.1, 0.15) is 4.88 Å². The first-order valence-electron chi connectivity index (χ1n) is 5.64. The Balaban J connectivity index is 2.13. The van der Waals surface area contributed by atoms with E-state index in [0.717, 1.165) is 31.0 Å². The van der Waals surface area contributed by atoms with Crippen molar-refractivity contribution in [3.05, 3.63) is 51.7 Å². The SMILES string of the molecule is ClCc1sc(-c2ccccc2Cl)nc1-c1cccs1. The molecule has 0 saturated carbocycles. The molecule has 0 atom stereocenters. The van der Waals surface area contributed by atoms with Gasteiger partial charge in [-0.25, -0.2) is 4.98 Å². The number of nitrogens with zero attached hydrogens (tertiary/aromatic N) is 1. The van der Waals surface area contributed by atoms with Crippen LogP contribution in [0.2, 0.25) is 5.02 Å². The lowest BCUT2D eigenvalue weighted by atomic mass is 10.2. The maximum Gasteiger partial charge on any atom is 0.125 e. The second-order valence-electron chi connectivity index (χ2n) is 3.88. The third-order valence-electron chi connectivity index (χ3n) is 2.68. The molecule has 5 heteroatoms. The van der Waals surface area contributed by atoms with Crippen LogP contribution in [0, 0.1) is 0 Å². The Hall–Kier alpha value is -0.870. The van der Waals surface area contributed by atoms with Crippen molar-refractivity contribution >= 4 is 45.9 Å². The molecule has 0 bridgehead atoms. The summed E-state index contributed by atoms with van der Waals surface area (Å²) in [5.41, 5.74) is 1.94. The van der Waals surface area contributed by atoms with Crippen LogP contribution in [0.3, 0.4) is 0 Å². The molecule has 0 aliphatic heterocycles. The number of aromatic nitrogens is 1. The Kier molecular flexibility index (Phi) is 3.89. The van der Waals surface area contributed by atoms with Crippen LogP contribution >= 0.6 is 45.9 Å². The lowest BCUT2D eigenvalue weighted by molar-refractivity contribution is 1.37. The average Bonchev–Trinajstić information content (AvgIpc) is 3.08. The summed E-state index contributed by atoms with van der Waals surface area (Å²) in [6, 6.07) is 11.8. The predicted molar refractivity (Wildman–Crippen MR) is 85.4 cm³/mol. The highest BCUT2D eigenvalue weighted by Crippen LogP contribution is 2.38. The van der Waals surface area contributed by atoms with Gasteiger partial charge in [-0.2, -0.15) is 0 Å². The minimum Gasteiger partial charge on any atom is -0.235 e. The van der Waals surface area contributed by atoms with Crippen molar-refractivity contribution in [1.82, 2.24) is 4.98 Å². The molecule has 2 heterocycles. The summed E-state index contributed by atoms with van der Waals surface area (Å²) in [5, 5.41) is 3.68. The van der Waals surface area contributed by atoms with Crippen LogP contribution in [0.15, 0.2) is 41.8 Å². The molecule has 0 N–H and O–H groups in total. The maximum atomic E-state index is 6.22. The van der Waals surface area contributed by atoms with Crippen LogP contribution < -0.4 is 0 Å². The Morgan fingerprint density at radius 3 is 2.63 bits per heavy atom. The summed E-state index contributed by atoms with van der Waals surface area (Å²) < 4.78 is 0. The maximum absolute atomic E-state index is 6.22. The first-order chi connectivity index (χ1) is 9.29. The summed E-state index contributed by atoms with van der Waals surface area (Å²) in [4.78, 5) is 6.94. The van der Waals surface area contributed by atoms with E-state index in [-0.39, 0.29) is 0 Å². The zero-order valence-corrected chi connectivity index (χ0v) is 12.9. The van der Waals surface area contributed by atoms with Crippen molar-refractivity contribution in [2.45, 2.75) is 5.88 Å². The fraction of sp³-hybridized carbons (Fsp3) is 0.0714. The summed E-state index contributed by atoms with van der Waals surface area (Å²) >= 11 is 15.5. The van der Waals surface area contributed by atoms with Crippen molar-refractivity contribution in [2.75, 3.05) is 0 Å². The monoisotopic (exact) mass is 325 g/mol. The van der Waals surface area contributed by atoms with Crippen LogP contribution in [0.5, 0.6) is 0 Å². The molecule has 1 nitrogen and oxygen atoms in total. The van der Waals surface area contributed by atoms with Gasteiger partial charge in [-0.15, -0.1) is 34.3 Å². The van der Waals surface area contributed by atoms with E-state index in [4.69, 9.17) is 28.2 Å². The van der Waals surface area contributed by atoms with Crippen molar-refractivity contribution in [2.24, 2.45) is 0 Å². The number of benzene rings is 1. The number of alkyl halides is 1. The lowest BCUT2D eigenvalue weighted by Gasteiger charge is -1.98. The van der Waals surface area contributed by atoms with Gasteiger partial charge in [-0.05, 0) is 17.5 Å². The van der Waals surface area contributed by atoms with Gasteiger partial charge in [0.05, 0.1) is 21.5 Å². The second kappa shape index (κ2) is 5.63. The minimum absolute atomic E-state index is 0.468.